The first-order valence-electron chi connectivity index (χ1n) is 10.7. The Balaban J connectivity index is 1.46. The highest BCUT2D eigenvalue weighted by atomic mass is 16.6. The van der Waals surface area contributed by atoms with Gasteiger partial charge in [-0.3, -0.25) is 14.5 Å². The van der Waals surface area contributed by atoms with Gasteiger partial charge >= 0.3 is 5.97 Å². The summed E-state index contributed by atoms with van der Waals surface area (Å²) in [4.78, 5) is 47.1. The lowest BCUT2D eigenvalue weighted by Gasteiger charge is -2.48. The Bertz CT molecular complexity index is 1060. The molecule has 2 fully saturated rings. The zero-order valence-electron chi connectivity index (χ0n) is 17.5. The summed E-state index contributed by atoms with van der Waals surface area (Å²) in [6, 6.07) is 6.84. The maximum atomic E-state index is 13.5. The van der Waals surface area contributed by atoms with E-state index in [1.807, 2.05) is 13.8 Å². The second-order valence-electron chi connectivity index (χ2n) is 8.75. The molecular formula is C22H24N4O5. The number of esters is 1. The Morgan fingerprint density at radius 2 is 2.06 bits per heavy atom. The summed E-state index contributed by atoms with van der Waals surface area (Å²) in [6.45, 7) is 3.89. The Morgan fingerprint density at radius 1 is 1.29 bits per heavy atom. The molecule has 0 bridgehead atoms. The molecule has 0 N–H and O–H groups in total. The lowest BCUT2D eigenvalue weighted by Crippen LogP contribution is -2.69. The summed E-state index contributed by atoms with van der Waals surface area (Å²) in [5.74, 6) is 0.0368. The standard InChI is InChI=1S/C22H24N4O5/c1-13(2)11-17-23-18(31-24-17)12-30-21(29)22-10-9-19(27)26(22)16-6-4-3-5-15(16)20(28)25(22)14-7-8-14/h3-6,13-14H,7-12H2,1-2H3. The van der Waals surface area contributed by atoms with Crippen molar-refractivity contribution in [1.82, 2.24) is 15.0 Å². The van der Waals surface area contributed by atoms with Gasteiger partial charge in [-0.15, -0.1) is 0 Å². The van der Waals surface area contributed by atoms with Crippen LogP contribution in [0.4, 0.5) is 5.69 Å². The number of benzene rings is 1. The van der Waals surface area contributed by atoms with E-state index < -0.39 is 11.6 Å². The second-order valence-corrected chi connectivity index (χ2v) is 8.75. The molecule has 2 aliphatic heterocycles. The van der Waals surface area contributed by atoms with Crippen LogP contribution < -0.4 is 4.90 Å². The van der Waals surface area contributed by atoms with Crippen molar-refractivity contribution >= 4 is 23.5 Å². The smallest absolute Gasteiger partial charge is 0.354 e. The molecule has 0 spiro atoms. The molecule has 1 atom stereocenters. The van der Waals surface area contributed by atoms with E-state index in [0.717, 1.165) is 12.8 Å². The minimum absolute atomic E-state index is 0.0807. The number of fused-ring (bicyclic) bond motifs is 3. The molecule has 1 saturated heterocycles. The van der Waals surface area contributed by atoms with Crippen molar-refractivity contribution in [2.45, 2.75) is 64.3 Å². The molecule has 3 heterocycles. The van der Waals surface area contributed by atoms with Crippen LogP contribution in [0.5, 0.6) is 0 Å². The lowest BCUT2D eigenvalue weighted by atomic mass is 9.96. The van der Waals surface area contributed by atoms with Gasteiger partial charge in [0, 0.05) is 25.3 Å². The molecule has 1 aliphatic carbocycles. The van der Waals surface area contributed by atoms with Crippen LogP contribution in [0.15, 0.2) is 28.8 Å². The third-order valence-corrected chi connectivity index (χ3v) is 5.97. The fraction of sp³-hybridized carbons (Fsp3) is 0.500. The molecule has 1 aromatic heterocycles. The molecule has 3 aliphatic rings. The maximum Gasteiger partial charge on any atom is 0.354 e. The van der Waals surface area contributed by atoms with Crippen molar-refractivity contribution in [2.75, 3.05) is 4.90 Å². The molecule has 1 aromatic carbocycles. The van der Waals surface area contributed by atoms with Gasteiger partial charge in [0.15, 0.2) is 12.4 Å². The van der Waals surface area contributed by atoms with E-state index in [4.69, 9.17) is 9.26 Å². The van der Waals surface area contributed by atoms with Gasteiger partial charge < -0.3 is 14.2 Å². The molecule has 9 heteroatoms. The number of carbonyl (C=O) groups is 3. The van der Waals surface area contributed by atoms with E-state index in [0.29, 0.717) is 29.4 Å². The summed E-state index contributed by atoms with van der Waals surface area (Å²) in [5.41, 5.74) is -0.575. The number of hydrogen-bond donors (Lipinski definition) is 0. The number of carbonyl (C=O) groups excluding carboxylic acids is 3. The predicted molar refractivity (Wildman–Crippen MR) is 108 cm³/mol. The van der Waals surface area contributed by atoms with Crippen LogP contribution in [0.2, 0.25) is 0 Å². The first-order valence-corrected chi connectivity index (χ1v) is 10.7. The number of rotatable bonds is 6. The van der Waals surface area contributed by atoms with Gasteiger partial charge in [-0.05, 0) is 30.9 Å². The number of ether oxygens (including phenoxy) is 1. The Kier molecular flexibility index (Phi) is 4.56. The Labute approximate surface area is 179 Å². The number of anilines is 1. The molecule has 2 aromatic rings. The molecule has 31 heavy (non-hydrogen) atoms. The third kappa shape index (κ3) is 3.10. The van der Waals surface area contributed by atoms with Crippen LogP contribution in [-0.2, 0) is 27.4 Å². The van der Waals surface area contributed by atoms with Crippen LogP contribution in [0.3, 0.4) is 0 Å². The molecule has 162 valence electrons. The molecule has 1 saturated carbocycles. The zero-order chi connectivity index (χ0) is 21.8. The summed E-state index contributed by atoms with van der Waals surface area (Å²) < 4.78 is 10.8. The van der Waals surface area contributed by atoms with Crippen molar-refractivity contribution < 1.29 is 23.6 Å². The highest BCUT2D eigenvalue weighted by Crippen LogP contribution is 2.49. The highest BCUT2D eigenvalue weighted by molar-refractivity contribution is 6.15. The molecule has 0 radical (unpaired) electrons. The predicted octanol–water partition coefficient (Wildman–Crippen LogP) is 2.45. The fourth-order valence-corrected chi connectivity index (χ4v) is 4.55. The van der Waals surface area contributed by atoms with Gasteiger partial charge in [-0.25, -0.2) is 4.79 Å². The van der Waals surface area contributed by atoms with E-state index in [1.54, 1.807) is 29.2 Å². The average molecular weight is 424 g/mol. The average Bonchev–Trinajstić information content (AvgIpc) is 3.38. The maximum absolute atomic E-state index is 13.5. The lowest BCUT2D eigenvalue weighted by molar-refractivity contribution is -0.159. The third-order valence-electron chi connectivity index (χ3n) is 5.97. The summed E-state index contributed by atoms with van der Waals surface area (Å²) in [5, 5.41) is 3.91. The van der Waals surface area contributed by atoms with Gasteiger partial charge in [0.1, 0.15) is 0 Å². The van der Waals surface area contributed by atoms with Gasteiger partial charge in [0.25, 0.3) is 11.8 Å². The summed E-state index contributed by atoms with van der Waals surface area (Å²) in [6.07, 6.45) is 2.62. The van der Waals surface area contributed by atoms with Gasteiger partial charge in [-0.2, -0.15) is 4.98 Å². The number of aromatic nitrogens is 2. The van der Waals surface area contributed by atoms with Crippen molar-refractivity contribution in [3.05, 3.63) is 41.5 Å². The van der Waals surface area contributed by atoms with Crippen LogP contribution in [0, 0.1) is 5.92 Å². The van der Waals surface area contributed by atoms with Gasteiger partial charge in [-0.1, -0.05) is 31.1 Å². The van der Waals surface area contributed by atoms with Crippen LogP contribution in [-0.4, -0.2) is 44.5 Å². The van der Waals surface area contributed by atoms with Crippen molar-refractivity contribution in [3.63, 3.8) is 0 Å². The molecule has 9 nitrogen and oxygen atoms in total. The Morgan fingerprint density at radius 3 is 2.81 bits per heavy atom. The highest BCUT2D eigenvalue weighted by Gasteiger charge is 2.64. The first-order chi connectivity index (χ1) is 14.9. The van der Waals surface area contributed by atoms with Crippen LogP contribution >= 0.6 is 0 Å². The van der Waals surface area contributed by atoms with Gasteiger partial charge in [0.05, 0.1) is 11.3 Å². The number of nitrogens with zero attached hydrogens (tertiary/aromatic N) is 4. The van der Waals surface area contributed by atoms with E-state index in [2.05, 4.69) is 10.1 Å². The first kappa shape index (κ1) is 19.7. The number of amides is 2. The van der Waals surface area contributed by atoms with Crippen molar-refractivity contribution in [3.8, 4) is 0 Å². The van der Waals surface area contributed by atoms with Crippen LogP contribution in [0.1, 0.15) is 61.6 Å². The van der Waals surface area contributed by atoms with E-state index in [9.17, 15) is 14.4 Å². The van der Waals surface area contributed by atoms with E-state index in [-0.39, 0.29) is 43.2 Å². The zero-order valence-corrected chi connectivity index (χ0v) is 17.5. The summed E-state index contributed by atoms with van der Waals surface area (Å²) in [7, 11) is 0. The summed E-state index contributed by atoms with van der Waals surface area (Å²) >= 11 is 0. The normalized spacial score (nSPS) is 22.7. The fourth-order valence-electron chi connectivity index (χ4n) is 4.55. The molecule has 2 amide bonds. The van der Waals surface area contributed by atoms with E-state index in [1.165, 1.54) is 4.90 Å². The second kappa shape index (κ2) is 7.18. The topological polar surface area (TPSA) is 106 Å². The Hall–Kier alpha value is -3.23. The van der Waals surface area contributed by atoms with Crippen molar-refractivity contribution in [2.24, 2.45) is 5.92 Å². The van der Waals surface area contributed by atoms with Crippen LogP contribution in [0.25, 0.3) is 0 Å². The molecule has 5 rings (SSSR count). The largest absolute Gasteiger partial charge is 0.452 e. The number of para-hydroxylation sites is 1. The monoisotopic (exact) mass is 424 g/mol. The van der Waals surface area contributed by atoms with Gasteiger partial charge in [0.2, 0.25) is 11.6 Å². The minimum atomic E-state index is -1.47. The SMILES string of the molecule is CC(C)Cc1noc(COC(=O)C23CCC(=O)N2c2ccccc2C(=O)N3C2CC2)n1. The number of hydrogen-bond acceptors (Lipinski definition) is 7. The molecule has 1 unspecified atom stereocenters. The molecular weight excluding hydrogens is 400 g/mol. The van der Waals surface area contributed by atoms with Crippen molar-refractivity contribution in [1.29, 1.82) is 0 Å². The quantitative estimate of drug-likeness (QED) is 0.656. The minimum Gasteiger partial charge on any atom is -0.452 e. The van der Waals surface area contributed by atoms with E-state index >= 15 is 0 Å².